The highest BCUT2D eigenvalue weighted by Gasteiger charge is 2.27. The predicted molar refractivity (Wildman–Crippen MR) is 79.5 cm³/mol. The molecule has 1 N–H and O–H groups in total. The lowest BCUT2D eigenvalue weighted by atomic mass is 10.2. The van der Waals surface area contributed by atoms with Crippen LogP contribution >= 0.6 is 11.3 Å². The lowest BCUT2D eigenvalue weighted by Gasteiger charge is -2.25. The Labute approximate surface area is 124 Å². The van der Waals surface area contributed by atoms with Crippen LogP contribution in [0.25, 0.3) is 0 Å². The Hall–Kier alpha value is -0.920. The lowest BCUT2D eigenvalue weighted by Crippen LogP contribution is -2.35. The fourth-order valence-electron chi connectivity index (χ4n) is 2.16. The van der Waals surface area contributed by atoms with Crippen molar-refractivity contribution in [1.82, 2.24) is 9.62 Å². The van der Waals surface area contributed by atoms with Gasteiger partial charge in [0.1, 0.15) is 0 Å². The van der Waals surface area contributed by atoms with Gasteiger partial charge in [-0.25, -0.2) is 8.42 Å². The molecule has 1 fully saturated rings. The number of rotatable bonds is 4. The molecule has 0 saturated carbocycles. The second-order valence-electron chi connectivity index (χ2n) is 5.24. The van der Waals surface area contributed by atoms with Crippen molar-refractivity contribution in [1.29, 1.82) is 0 Å². The van der Waals surface area contributed by atoms with E-state index in [1.54, 1.807) is 5.38 Å². The minimum absolute atomic E-state index is 0.0340. The quantitative estimate of drug-likeness (QED) is 0.924. The smallest absolute Gasteiger partial charge is 0.261 e. The molecule has 0 aromatic carbocycles. The van der Waals surface area contributed by atoms with Crippen LogP contribution in [0.3, 0.4) is 0 Å². The first kappa shape index (κ1) is 15.5. The van der Waals surface area contributed by atoms with Crippen LogP contribution in [0, 0.1) is 0 Å². The molecule has 1 aliphatic rings. The van der Waals surface area contributed by atoms with Crippen LogP contribution in [0.2, 0.25) is 0 Å². The molecule has 112 valence electrons. The second-order valence-corrected chi connectivity index (χ2v) is 8.09. The number of piperidine rings is 1. The molecule has 1 aromatic heterocycles. The average Bonchev–Trinajstić information content (AvgIpc) is 2.89. The zero-order chi connectivity index (χ0) is 14.8. The molecule has 1 aliphatic heterocycles. The van der Waals surface area contributed by atoms with Gasteiger partial charge in [0.05, 0.1) is 9.77 Å². The summed E-state index contributed by atoms with van der Waals surface area (Å²) >= 11 is 1.17. The van der Waals surface area contributed by atoms with E-state index in [0.29, 0.717) is 18.0 Å². The van der Waals surface area contributed by atoms with E-state index in [1.165, 1.54) is 21.7 Å². The molecule has 0 spiro atoms. The van der Waals surface area contributed by atoms with Gasteiger partial charge >= 0.3 is 0 Å². The maximum Gasteiger partial charge on any atom is 0.261 e. The highest BCUT2D eigenvalue weighted by atomic mass is 32.2. The number of sulfonamides is 1. The number of thiophene rings is 1. The predicted octanol–water partition coefficient (Wildman–Crippen LogP) is 2.06. The third-order valence-electron chi connectivity index (χ3n) is 3.17. The number of amides is 1. The van der Waals surface area contributed by atoms with E-state index < -0.39 is 10.0 Å². The molecule has 7 heteroatoms. The molecule has 2 rings (SSSR count). The largest absolute Gasteiger partial charge is 0.349 e. The first-order valence-electron chi connectivity index (χ1n) is 6.81. The van der Waals surface area contributed by atoms with Crippen molar-refractivity contribution in [2.75, 3.05) is 13.1 Å². The zero-order valence-corrected chi connectivity index (χ0v) is 13.4. The topological polar surface area (TPSA) is 66.5 Å². The van der Waals surface area contributed by atoms with Crippen LogP contribution in [0.1, 0.15) is 42.8 Å². The lowest BCUT2D eigenvalue weighted by molar-refractivity contribution is 0.0947. The summed E-state index contributed by atoms with van der Waals surface area (Å²) in [6, 6.07) is 1.51. The van der Waals surface area contributed by atoms with E-state index in [1.807, 2.05) is 13.8 Å². The number of carbonyl (C=O) groups excluding carboxylic acids is 1. The van der Waals surface area contributed by atoms with Crippen LogP contribution in [0.5, 0.6) is 0 Å². The van der Waals surface area contributed by atoms with E-state index in [0.717, 1.165) is 19.3 Å². The third kappa shape index (κ3) is 3.39. The molecule has 0 aliphatic carbocycles. The van der Waals surface area contributed by atoms with E-state index >= 15 is 0 Å². The van der Waals surface area contributed by atoms with Crippen LogP contribution < -0.4 is 5.32 Å². The zero-order valence-electron chi connectivity index (χ0n) is 11.8. The highest BCUT2D eigenvalue weighted by Crippen LogP contribution is 2.25. The van der Waals surface area contributed by atoms with Crippen molar-refractivity contribution in [3.8, 4) is 0 Å². The normalized spacial score (nSPS) is 17.4. The van der Waals surface area contributed by atoms with Gasteiger partial charge in [-0.15, -0.1) is 11.3 Å². The fraction of sp³-hybridized carbons (Fsp3) is 0.615. The van der Waals surface area contributed by atoms with Gasteiger partial charge in [0.2, 0.25) is 10.0 Å². The van der Waals surface area contributed by atoms with Gasteiger partial charge in [0, 0.05) is 24.5 Å². The standard InChI is InChI=1S/C13H20N2O3S2/c1-10(2)14-13(16)12-8-11(9-19-12)20(17,18)15-6-4-3-5-7-15/h8-10H,3-7H2,1-2H3,(H,14,16). The minimum atomic E-state index is -3.44. The van der Waals surface area contributed by atoms with Crippen LogP contribution in [0.15, 0.2) is 16.3 Å². The van der Waals surface area contributed by atoms with Gasteiger partial charge in [-0.1, -0.05) is 6.42 Å². The van der Waals surface area contributed by atoms with Gasteiger partial charge in [-0.3, -0.25) is 4.79 Å². The minimum Gasteiger partial charge on any atom is -0.349 e. The van der Waals surface area contributed by atoms with Crippen molar-refractivity contribution in [3.05, 3.63) is 16.3 Å². The first-order chi connectivity index (χ1) is 9.41. The Balaban J connectivity index is 2.17. The van der Waals surface area contributed by atoms with Crippen molar-refractivity contribution >= 4 is 27.3 Å². The maximum atomic E-state index is 12.4. The Morgan fingerprint density at radius 3 is 2.55 bits per heavy atom. The molecule has 0 atom stereocenters. The van der Waals surface area contributed by atoms with E-state index in [9.17, 15) is 13.2 Å². The Morgan fingerprint density at radius 2 is 1.95 bits per heavy atom. The highest BCUT2D eigenvalue weighted by molar-refractivity contribution is 7.89. The Bertz CT molecular complexity index is 572. The molecule has 5 nitrogen and oxygen atoms in total. The summed E-state index contributed by atoms with van der Waals surface area (Å²) in [6.45, 7) is 4.89. The molecule has 2 heterocycles. The van der Waals surface area contributed by atoms with Crippen LogP contribution in [0.4, 0.5) is 0 Å². The second kappa shape index (κ2) is 6.24. The number of nitrogens with zero attached hydrogens (tertiary/aromatic N) is 1. The summed E-state index contributed by atoms with van der Waals surface area (Å²) in [6.07, 6.45) is 2.89. The summed E-state index contributed by atoms with van der Waals surface area (Å²) < 4.78 is 26.4. The van der Waals surface area contributed by atoms with Gasteiger partial charge in [-0.05, 0) is 32.8 Å². The monoisotopic (exact) mass is 316 g/mol. The summed E-state index contributed by atoms with van der Waals surface area (Å²) in [4.78, 5) is 12.5. The molecular formula is C13H20N2O3S2. The molecule has 0 bridgehead atoms. The molecule has 1 saturated heterocycles. The average molecular weight is 316 g/mol. The first-order valence-corrected chi connectivity index (χ1v) is 9.13. The van der Waals surface area contributed by atoms with Crippen LogP contribution in [-0.2, 0) is 10.0 Å². The molecule has 0 unspecified atom stereocenters. The summed E-state index contributed by atoms with van der Waals surface area (Å²) in [5.41, 5.74) is 0. The molecule has 20 heavy (non-hydrogen) atoms. The van der Waals surface area contributed by atoms with Gasteiger partial charge in [0.25, 0.3) is 5.91 Å². The molecule has 1 amide bonds. The summed E-state index contributed by atoms with van der Waals surface area (Å²) in [5.74, 6) is -0.218. The van der Waals surface area contributed by atoms with Crippen molar-refractivity contribution < 1.29 is 13.2 Å². The number of hydrogen-bond acceptors (Lipinski definition) is 4. The fourth-order valence-corrected chi connectivity index (χ4v) is 4.84. The summed E-state index contributed by atoms with van der Waals surface area (Å²) in [7, 11) is -3.44. The maximum absolute atomic E-state index is 12.4. The number of nitrogens with one attached hydrogen (secondary N) is 1. The van der Waals surface area contributed by atoms with E-state index in [2.05, 4.69) is 5.32 Å². The van der Waals surface area contributed by atoms with E-state index in [4.69, 9.17) is 0 Å². The Morgan fingerprint density at radius 1 is 1.30 bits per heavy atom. The van der Waals surface area contributed by atoms with Crippen molar-refractivity contribution in [2.45, 2.75) is 44.0 Å². The van der Waals surface area contributed by atoms with Crippen molar-refractivity contribution in [3.63, 3.8) is 0 Å². The SMILES string of the molecule is CC(C)NC(=O)c1cc(S(=O)(=O)N2CCCCC2)cs1. The third-order valence-corrected chi connectivity index (χ3v) is 6.13. The Kier molecular flexibility index (Phi) is 4.82. The van der Waals surface area contributed by atoms with Gasteiger partial charge in [-0.2, -0.15) is 4.31 Å². The summed E-state index contributed by atoms with van der Waals surface area (Å²) in [5, 5.41) is 4.32. The van der Waals surface area contributed by atoms with Crippen molar-refractivity contribution in [2.24, 2.45) is 0 Å². The van der Waals surface area contributed by atoms with Crippen LogP contribution in [-0.4, -0.2) is 37.8 Å². The number of hydrogen-bond donors (Lipinski definition) is 1. The number of carbonyl (C=O) groups is 1. The van der Waals surface area contributed by atoms with E-state index in [-0.39, 0.29) is 16.8 Å². The molecule has 1 aromatic rings. The molecule has 0 radical (unpaired) electrons. The van der Waals surface area contributed by atoms with Gasteiger partial charge < -0.3 is 5.32 Å². The van der Waals surface area contributed by atoms with Gasteiger partial charge in [0.15, 0.2) is 0 Å². The molecular weight excluding hydrogens is 296 g/mol.